The van der Waals surface area contributed by atoms with Gasteiger partial charge in [0.2, 0.25) is 11.8 Å². The summed E-state index contributed by atoms with van der Waals surface area (Å²) in [5.74, 6) is -0.781. The molecule has 2 aromatic heterocycles. The molecule has 0 N–H and O–H groups in total. The van der Waals surface area contributed by atoms with Crippen molar-refractivity contribution in [3.8, 4) is 0 Å². The van der Waals surface area contributed by atoms with Gasteiger partial charge in [0, 0.05) is 24.6 Å². The van der Waals surface area contributed by atoms with Crippen molar-refractivity contribution >= 4 is 50.1 Å². The number of aromatic nitrogens is 2. The van der Waals surface area contributed by atoms with Crippen molar-refractivity contribution in [3.63, 3.8) is 0 Å². The highest BCUT2D eigenvalue weighted by molar-refractivity contribution is 7.22. The first-order chi connectivity index (χ1) is 16.5. The molecule has 1 aliphatic rings. The summed E-state index contributed by atoms with van der Waals surface area (Å²) in [6.07, 6.45) is 2.98. The van der Waals surface area contributed by atoms with Crippen molar-refractivity contribution in [2.75, 3.05) is 9.80 Å². The highest BCUT2D eigenvalue weighted by atomic mass is 32.1. The van der Waals surface area contributed by atoms with Gasteiger partial charge in [-0.2, -0.15) is 0 Å². The number of thiazole rings is 1. The number of fused-ring (bicyclic) bond motifs is 1. The fourth-order valence-corrected chi connectivity index (χ4v) is 5.00. The lowest BCUT2D eigenvalue weighted by Gasteiger charge is -2.21. The molecule has 7 nitrogen and oxygen atoms in total. The summed E-state index contributed by atoms with van der Waals surface area (Å²) in [4.78, 5) is 50.1. The van der Waals surface area contributed by atoms with Crippen LogP contribution in [0.1, 0.15) is 41.4 Å². The molecule has 4 aromatic rings. The summed E-state index contributed by atoms with van der Waals surface area (Å²) >= 11 is 1.46. The third-order valence-corrected chi connectivity index (χ3v) is 6.82. The molecule has 0 bridgehead atoms. The van der Waals surface area contributed by atoms with Crippen LogP contribution < -0.4 is 9.80 Å². The zero-order valence-corrected chi connectivity index (χ0v) is 19.4. The molecular formula is C26H22N4O3S. The van der Waals surface area contributed by atoms with E-state index in [4.69, 9.17) is 4.98 Å². The Morgan fingerprint density at radius 2 is 1.85 bits per heavy atom. The van der Waals surface area contributed by atoms with Crippen LogP contribution in [-0.2, 0) is 22.6 Å². The average Bonchev–Trinajstić information content (AvgIpc) is 3.44. The van der Waals surface area contributed by atoms with Gasteiger partial charge in [-0.25, -0.2) is 4.98 Å². The quantitative estimate of drug-likeness (QED) is 0.380. The number of carbonyl (C=O) groups excluding carboxylic acids is 3. The van der Waals surface area contributed by atoms with E-state index in [0.29, 0.717) is 16.4 Å². The number of imide groups is 1. The van der Waals surface area contributed by atoms with Gasteiger partial charge in [0.25, 0.3) is 5.91 Å². The zero-order chi connectivity index (χ0) is 23.7. The van der Waals surface area contributed by atoms with E-state index in [0.717, 1.165) is 27.2 Å². The molecule has 0 saturated carbocycles. The highest BCUT2D eigenvalue weighted by Crippen LogP contribution is 2.32. The fraction of sp³-hybridized carbons (Fsp3) is 0.192. The molecule has 0 unspecified atom stereocenters. The lowest BCUT2D eigenvalue weighted by atomic mass is 10.1. The first-order valence-corrected chi connectivity index (χ1v) is 11.9. The second kappa shape index (κ2) is 9.15. The minimum atomic E-state index is -0.277. The van der Waals surface area contributed by atoms with Gasteiger partial charge in [-0.15, -0.1) is 0 Å². The third kappa shape index (κ3) is 4.20. The predicted octanol–water partition coefficient (Wildman–Crippen LogP) is 4.75. The van der Waals surface area contributed by atoms with Gasteiger partial charge in [-0.1, -0.05) is 36.5 Å². The summed E-state index contributed by atoms with van der Waals surface area (Å²) in [6.45, 7) is 2.34. The number of pyridine rings is 1. The van der Waals surface area contributed by atoms with Gasteiger partial charge in [0.1, 0.15) is 0 Å². The summed E-state index contributed by atoms with van der Waals surface area (Å²) in [5, 5.41) is 0.567. The van der Waals surface area contributed by atoms with Gasteiger partial charge >= 0.3 is 0 Å². The normalized spacial score (nSPS) is 13.6. The predicted molar refractivity (Wildman–Crippen MR) is 132 cm³/mol. The number of rotatable bonds is 6. The van der Waals surface area contributed by atoms with Crippen molar-refractivity contribution < 1.29 is 14.4 Å². The molecule has 1 aliphatic heterocycles. The minimum Gasteiger partial charge on any atom is -0.278 e. The lowest BCUT2D eigenvalue weighted by Crippen LogP contribution is -2.32. The molecule has 34 heavy (non-hydrogen) atoms. The van der Waals surface area contributed by atoms with Crippen LogP contribution in [0.4, 0.5) is 10.8 Å². The fourth-order valence-electron chi connectivity index (χ4n) is 3.97. The topological polar surface area (TPSA) is 83.5 Å². The first-order valence-electron chi connectivity index (χ1n) is 11.1. The van der Waals surface area contributed by atoms with Crippen LogP contribution in [0.3, 0.4) is 0 Å². The molecule has 0 atom stereocenters. The molecule has 1 fully saturated rings. The summed E-state index contributed by atoms with van der Waals surface area (Å²) in [7, 11) is 0. The van der Waals surface area contributed by atoms with E-state index in [1.165, 1.54) is 16.9 Å². The van der Waals surface area contributed by atoms with Crippen LogP contribution in [0.2, 0.25) is 0 Å². The van der Waals surface area contributed by atoms with Crippen LogP contribution in [-0.4, -0.2) is 27.7 Å². The Hall–Kier alpha value is -3.91. The largest absolute Gasteiger partial charge is 0.278 e. The number of hydrogen-bond donors (Lipinski definition) is 0. The molecule has 1 saturated heterocycles. The molecule has 8 heteroatoms. The molecule has 5 rings (SSSR count). The maximum absolute atomic E-state index is 13.8. The molecule has 2 aromatic carbocycles. The summed E-state index contributed by atoms with van der Waals surface area (Å²) in [5.41, 5.74) is 3.55. The van der Waals surface area contributed by atoms with Crippen molar-refractivity contribution in [1.82, 2.24) is 9.97 Å². The van der Waals surface area contributed by atoms with E-state index in [9.17, 15) is 14.4 Å². The standard InChI is InChI=1S/C26H22N4O3S/c1-2-17-9-10-21-22(14-17)34-26(28-21)29(16-19-7-3-4-13-27-19)25(33)18-6-5-8-20(15-18)30-23(31)11-12-24(30)32/h3-10,13-15H,2,11-12,16H2,1H3. The monoisotopic (exact) mass is 470 g/mol. The Balaban J connectivity index is 1.54. The van der Waals surface area contributed by atoms with Gasteiger partial charge in [-0.05, 0) is 54.4 Å². The molecule has 3 amide bonds. The van der Waals surface area contributed by atoms with Gasteiger partial charge in [-0.3, -0.25) is 29.2 Å². The number of anilines is 2. The van der Waals surface area contributed by atoms with E-state index in [2.05, 4.69) is 18.0 Å². The van der Waals surface area contributed by atoms with Gasteiger partial charge in [0.15, 0.2) is 5.13 Å². The first kappa shape index (κ1) is 21.9. The maximum atomic E-state index is 13.8. The van der Waals surface area contributed by atoms with Crippen molar-refractivity contribution in [2.24, 2.45) is 0 Å². The van der Waals surface area contributed by atoms with Crippen LogP contribution >= 0.6 is 11.3 Å². The molecule has 0 radical (unpaired) electrons. The maximum Gasteiger partial charge on any atom is 0.260 e. The number of nitrogens with zero attached hydrogens (tertiary/aromatic N) is 4. The number of hydrogen-bond acceptors (Lipinski definition) is 6. The van der Waals surface area contributed by atoms with Crippen LogP contribution in [0.25, 0.3) is 10.2 Å². The SMILES string of the molecule is CCc1ccc2nc(N(Cc3ccccn3)C(=O)c3cccc(N4C(=O)CCC4=O)c3)sc2c1. The Labute approximate surface area is 200 Å². The molecule has 3 heterocycles. The second-order valence-corrected chi connectivity index (χ2v) is 9.05. The third-order valence-electron chi connectivity index (χ3n) is 5.77. The average molecular weight is 471 g/mol. The summed E-state index contributed by atoms with van der Waals surface area (Å²) < 4.78 is 1.01. The smallest absolute Gasteiger partial charge is 0.260 e. The van der Waals surface area contributed by atoms with Crippen molar-refractivity contribution in [1.29, 1.82) is 0 Å². The van der Waals surface area contributed by atoms with Crippen molar-refractivity contribution in [2.45, 2.75) is 32.7 Å². The van der Waals surface area contributed by atoms with E-state index in [1.807, 2.05) is 30.3 Å². The Morgan fingerprint density at radius 3 is 2.59 bits per heavy atom. The number of carbonyl (C=O) groups is 3. The minimum absolute atomic E-state index is 0.189. The van der Waals surface area contributed by atoms with Crippen molar-refractivity contribution in [3.05, 3.63) is 83.7 Å². The lowest BCUT2D eigenvalue weighted by molar-refractivity contribution is -0.121. The molecule has 0 spiro atoms. The number of amides is 3. The Kier molecular flexibility index (Phi) is 5.90. The van der Waals surface area contributed by atoms with E-state index >= 15 is 0 Å². The molecule has 0 aliphatic carbocycles. The van der Waals surface area contributed by atoms with Crippen LogP contribution in [0.5, 0.6) is 0 Å². The molecule has 170 valence electrons. The second-order valence-electron chi connectivity index (χ2n) is 8.04. The number of benzene rings is 2. The number of aryl methyl sites for hydroxylation is 1. The highest BCUT2D eigenvalue weighted by Gasteiger charge is 2.31. The van der Waals surface area contributed by atoms with Crippen LogP contribution in [0.15, 0.2) is 66.9 Å². The van der Waals surface area contributed by atoms with E-state index in [1.54, 1.807) is 35.4 Å². The van der Waals surface area contributed by atoms with E-state index in [-0.39, 0.29) is 37.1 Å². The molecular weight excluding hydrogens is 448 g/mol. The van der Waals surface area contributed by atoms with Gasteiger partial charge in [0.05, 0.1) is 28.1 Å². The summed E-state index contributed by atoms with van der Waals surface area (Å²) in [6, 6.07) is 18.3. The van der Waals surface area contributed by atoms with E-state index < -0.39 is 0 Å². The zero-order valence-electron chi connectivity index (χ0n) is 18.6. The van der Waals surface area contributed by atoms with Crippen LogP contribution in [0, 0.1) is 0 Å². The Morgan fingerprint density at radius 1 is 1.03 bits per heavy atom. The van der Waals surface area contributed by atoms with Gasteiger partial charge < -0.3 is 0 Å². The Bertz CT molecular complexity index is 1380.